The predicted molar refractivity (Wildman–Crippen MR) is 67.1 cm³/mol. The number of nitrogens with zero attached hydrogens (tertiary/aromatic N) is 1. The van der Waals surface area contributed by atoms with Gasteiger partial charge in [0, 0.05) is 19.3 Å². The second-order valence-corrected chi connectivity index (χ2v) is 3.61. The van der Waals surface area contributed by atoms with Crippen molar-refractivity contribution in [1.29, 1.82) is 0 Å². The number of fused-ring (bicyclic) bond motifs is 1. The largest absolute Gasteiger partial charge is 0.399 e. The Labute approximate surface area is 97.8 Å². The summed E-state index contributed by atoms with van der Waals surface area (Å²) in [5, 5.41) is 3.46. The van der Waals surface area contributed by atoms with Gasteiger partial charge in [-0.25, -0.2) is 4.98 Å². The smallest absolute Gasteiger partial charge is 0.260 e. The summed E-state index contributed by atoms with van der Waals surface area (Å²) in [6, 6.07) is 5.05. The van der Waals surface area contributed by atoms with Gasteiger partial charge in [0.1, 0.15) is 0 Å². The molecule has 2 aromatic rings. The lowest BCUT2D eigenvalue weighted by Gasteiger charge is -2.05. The molecule has 17 heavy (non-hydrogen) atoms. The van der Waals surface area contributed by atoms with Crippen LogP contribution in [0.25, 0.3) is 10.9 Å². The zero-order valence-corrected chi connectivity index (χ0v) is 9.49. The maximum absolute atomic E-state index is 11.8. The van der Waals surface area contributed by atoms with Crippen molar-refractivity contribution in [3.63, 3.8) is 0 Å². The molecule has 0 fully saturated rings. The Hall–Kier alpha value is -2.08. The number of ether oxygens (including phenoxy) is 1. The standard InChI is InChI=1S/C11H14N4O2/c1-17-5-4-13-11-14-9-3-2-7(12)6-8(9)10(16)15-11/h2-3,6H,4-5,12H2,1H3,(H2,13,14,15,16). The molecular weight excluding hydrogens is 220 g/mol. The Morgan fingerprint density at radius 3 is 3.12 bits per heavy atom. The van der Waals surface area contributed by atoms with Crippen LogP contribution in [-0.2, 0) is 4.74 Å². The summed E-state index contributed by atoms with van der Waals surface area (Å²) in [6.45, 7) is 1.13. The van der Waals surface area contributed by atoms with E-state index in [2.05, 4.69) is 15.3 Å². The Bertz CT molecular complexity index is 579. The van der Waals surface area contributed by atoms with E-state index < -0.39 is 0 Å². The van der Waals surface area contributed by atoms with Gasteiger partial charge in [-0.15, -0.1) is 0 Å². The van der Waals surface area contributed by atoms with E-state index in [9.17, 15) is 4.79 Å². The van der Waals surface area contributed by atoms with Gasteiger partial charge in [0.2, 0.25) is 5.95 Å². The molecule has 0 aliphatic rings. The number of nitrogen functional groups attached to an aromatic ring is 1. The van der Waals surface area contributed by atoms with Crippen LogP contribution in [0.3, 0.4) is 0 Å². The van der Waals surface area contributed by atoms with Crippen LogP contribution in [0.2, 0.25) is 0 Å². The number of benzene rings is 1. The lowest BCUT2D eigenvalue weighted by molar-refractivity contribution is 0.210. The number of H-pyrrole nitrogens is 1. The van der Waals surface area contributed by atoms with Gasteiger partial charge >= 0.3 is 0 Å². The van der Waals surface area contributed by atoms with E-state index in [4.69, 9.17) is 10.5 Å². The molecule has 0 unspecified atom stereocenters. The Morgan fingerprint density at radius 2 is 2.35 bits per heavy atom. The van der Waals surface area contributed by atoms with Crippen molar-refractivity contribution in [3.8, 4) is 0 Å². The van der Waals surface area contributed by atoms with Gasteiger partial charge < -0.3 is 15.8 Å². The van der Waals surface area contributed by atoms with E-state index in [-0.39, 0.29) is 5.56 Å². The highest BCUT2D eigenvalue weighted by Gasteiger charge is 2.03. The zero-order valence-electron chi connectivity index (χ0n) is 9.49. The quantitative estimate of drug-likeness (QED) is 0.531. The summed E-state index contributed by atoms with van der Waals surface area (Å²) >= 11 is 0. The van der Waals surface area contributed by atoms with Crippen LogP contribution in [0.15, 0.2) is 23.0 Å². The predicted octanol–water partition coefficient (Wildman–Crippen LogP) is 0.564. The molecule has 0 aliphatic heterocycles. The first-order valence-electron chi connectivity index (χ1n) is 5.23. The number of aromatic amines is 1. The lowest BCUT2D eigenvalue weighted by atomic mass is 10.2. The molecule has 0 saturated carbocycles. The first-order chi connectivity index (χ1) is 8.20. The Balaban J connectivity index is 2.35. The third-order valence-corrected chi connectivity index (χ3v) is 2.33. The molecule has 0 atom stereocenters. The number of hydrogen-bond acceptors (Lipinski definition) is 5. The summed E-state index contributed by atoms with van der Waals surface area (Å²) in [5.74, 6) is 0.435. The molecule has 0 radical (unpaired) electrons. The van der Waals surface area contributed by atoms with Gasteiger partial charge in [-0.3, -0.25) is 9.78 Å². The minimum atomic E-state index is -0.206. The van der Waals surface area contributed by atoms with Gasteiger partial charge in [0.05, 0.1) is 17.5 Å². The molecule has 6 nitrogen and oxygen atoms in total. The van der Waals surface area contributed by atoms with Crippen molar-refractivity contribution in [3.05, 3.63) is 28.6 Å². The van der Waals surface area contributed by atoms with E-state index >= 15 is 0 Å². The number of methoxy groups -OCH3 is 1. The first-order valence-corrected chi connectivity index (χ1v) is 5.23. The molecule has 0 bridgehead atoms. The molecule has 0 amide bonds. The van der Waals surface area contributed by atoms with Crippen molar-refractivity contribution in [2.45, 2.75) is 0 Å². The molecule has 1 aromatic carbocycles. The maximum atomic E-state index is 11.8. The van der Waals surface area contributed by atoms with Crippen LogP contribution >= 0.6 is 0 Å². The van der Waals surface area contributed by atoms with Gasteiger partial charge in [-0.1, -0.05) is 0 Å². The molecule has 6 heteroatoms. The van der Waals surface area contributed by atoms with Gasteiger partial charge in [0.25, 0.3) is 5.56 Å². The summed E-state index contributed by atoms with van der Waals surface area (Å²) < 4.78 is 4.90. The second-order valence-electron chi connectivity index (χ2n) is 3.61. The van der Waals surface area contributed by atoms with Gasteiger partial charge in [-0.2, -0.15) is 0 Å². The third kappa shape index (κ3) is 2.54. The third-order valence-electron chi connectivity index (χ3n) is 2.33. The van der Waals surface area contributed by atoms with Crippen molar-refractivity contribution in [2.75, 3.05) is 31.3 Å². The molecule has 0 saturated heterocycles. The molecule has 0 aliphatic carbocycles. The minimum absolute atomic E-state index is 0.206. The SMILES string of the molecule is COCCNc1nc2ccc(N)cc2c(=O)[nH]1. The number of aromatic nitrogens is 2. The van der Waals surface area contributed by atoms with Crippen LogP contribution in [0.4, 0.5) is 11.6 Å². The van der Waals surface area contributed by atoms with Crippen LogP contribution in [0.1, 0.15) is 0 Å². The summed E-state index contributed by atoms with van der Waals surface area (Å²) in [7, 11) is 1.61. The van der Waals surface area contributed by atoms with Crippen LogP contribution < -0.4 is 16.6 Å². The number of rotatable bonds is 4. The van der Waals surface area contributed by atoms with E-state index in [0.717, 1.165) is 0 Å². The fourth-order valence-corrected chi connectivity index (χ4v) is 1.51. The second kappa shape index (κ2) is 4.84. The molecule has 1 aromatic heterocycles. The summed E-state index contributed by atoms with van der Waals surface area (Å²) in [4.78, 5) is 18.7. The lowest BCUT2D eigenvalue weighted by Crippen LogP contribution is -2.16. The Morgan fingerprint density at radius 1 is 1.53 bits per heavy atom. The molecule has 1 heterocycles. The van der Waals surface area contributed by atoms with Crippen LogP contribution in [0, 0.1) is 0 Å². The number of nitrogens with one attached hydrogen (secondary N) is 2. The number of nitrogens with two attached hydrogens (primary N) is 1. The van der Waals surface area contributed by atoms with Crippen molar-refractivity contribution < 1.29 is 4.74 Å². The van der Waals surface area contributed by atoms with Crippen LogP contribution in [0.5, 0.6) is 0 Å². The van der Waals surface area contributed by atoms with E-state index in [0.29, 0.717) is 35.7 Å². The zero-order chi connectivity index (χ0) is 12.3. The Kier molecular flexibility index (Phi) is 3.24. The number of hydrogen-bond donors (Lipinski definition) is 3. The molecule has 0 spiro atoms. The summed E-state index contributed by atoms with van der Waals surface area (Å²) in [6.07, 6.45) is 0. The average Bonchev–Trinajstić information content (AvgIpc) is 2.31. The van der Waals surface area contributed by atoms with Crippen LogP contribution in [-0.4, -0.2) is 30.2 Å². The fourth-order valence-electron chi connectivity index (χ4n) is 1.51. The minimum Gasteiger partial charge on any atom is -0.399 e. The molecule has 2 rings (SSSR count). The van der Waals surface area contributed by atoms with E-state index in [1.165, 1.54) is 0 Å². The van der Waals surface area contributed by atoms with Crippen molar-refractivity contribution >= 4 is 22.5 Å². The molecule has 4 N–H and O–H groups in total. The van der Waals surface area contributed by atoms with E-state index in [1.54, 1.807) is 25.3 Å². The first kappa shape index (κ1) is 11.4. The van der Waals surface area contributed by atoms with Crippen molar-refractivity contribution in [2.24, 2.45) is 0 Å². The van der Waals surface area contributed by atoms with Gasteiger partial charge in [-0.05, 0) is 18.2 Å². The van der Waals surface area contributed by atoms with E-state index in [1.807, 2.05) is 0 Å². The maximum Gasteiger partial charge on any atom is 0.260 e. The van der Waals surface area contributed by atoms with Crippen molar-refractivity contribution in [1.82, 2.24) is 9.97 Å². The highest BCUT2D eigenvalue weighted by Crippen LogP contribution is 2.12. The highest BCUT2D eigenvalue weighted by molar-refractivity contribution is 5.81. The molecular formula is C11H14N4O2. The highest BCUT2D eigenvalue weighted by atomic mass is 16.5. The monoisotopic (exact) mass is 234 g/mol. The topological polar surface area (TPSA) is 93.0 Å². The average molecular weight is 234 g/mol. The number of anilines is 2. The summed E-state index contributed by atoms with van der Waals surface area (Å²) in [5.41, 5.74) is 6.57. The fraction of sp³-hybridized carbons (Fsp3) is 0.273. The molecule has 90 valence electrons. The van der Waals surface area contributed by atoms with Gasteiger partial charge in [0.15, 0.2) is 0 Å². The normalized spacial score (nSPS) is 10.6.